The van der Waals surface area contributed by atoms with E-state index in [-0.39, 0.29) is 16.8 Å². The molecule has 1 N–H and O–H groups in total. The second-order valence-electron chi connectivity index (χ2n) is 6.89. The van der Waals surface area contributed by atoms with Gasteiger partial charge in [0.05, 0.1) is 27.8 Å². The number of anilines is 1. The standard InChI is InChI=1S/C23H14N4O5/c24-13-14-7-9-16(10-8-14)26-20(18-6-1-2-11-25-18)19(22(29)23(26)30)21(28)15-4-3-5-17(12-15)27(31)32/h1-12,20,28H/b21-19-. The molecule has 1 unspecified atom stereocenters. The molecule has 1 amide bonds. The van der Waals surface area contributed by atoms with Gasteiger partial charge in [0.2, 0.25) is 0 Å². The van der Waals surface area contributed by atoms with Crippen LogP contribution >= 0.6 is 0 Å². The van der Waals surface area contributed by atoms with E-state index in [0.29, 0.717) is 16.9 Å². The second-order valence-corrected chi connectivity index (χ2v) is 6.89. The number of benzene rings is 2. The third-order valence-electron chi connectivity index (χ3n) is 5.02. The lowest BCUT2D eigenvalue weighted by Gasteiger charge is -2.24. The molecule has 9 nitrogen and oxygen atoms in total. The molecule has 32 heavy (non-hydrogen) atoms. The first kappa shape index (κ1) is 20.4. The molecule has 0 spiro atoms. The van der Waals surface area contributed by atoms with Crippen molar-refractivity contribution >= 4 is 28.8 Å². The SMILES string of the molecule is N#Cc1ccc(N2C(=O)C(=O)/C(=C(\O)c3cccc([N+](=O)[O-])c3)C2c2ccccn2)cc1. The molecule has 0 bridgehead atoms. The fourth-order valence-electron chi connectivity index (χ4n) is 3.54. The van der Waals surface area contributed by atoms with Crippen molar-refractivity contribution in [2.24, 2.45) is 0 Å². The summed E-state index contributed by atoms with van der Waals surface area (Å²) in [4.78, 5) is 42.0. The molecule has 0 radical (unpaired) electrons. The number of ketones is 1. The summed E-state index contributed by atoms with van der Waals surface area (Å²) in [5.74, 6) is -2.38. The molecule has 3 aromatic rings. The van der Waals surface area contributed by atoms with Gasteiger partial charge < -0.3 is 5.11 Å². The van der Waals surface area contributed by atoms with Crippen molar-refractivity contribution in [1.82, 2.24) is 4.98 Å². The molecule has 1 fully saturated rings. The number of hydrogen-bond acceptors (Lipinski definition) is 7. The van der Waals surface area contributed by atoms with Gasteiger partial charge in [0.15, 0.2) is 0 Å². The van der Waals surface area contributed by atoms with Gasteiger partial charge in [-0.1, -0.05) is 18.2 Å². The predicted molar refractivity (Wildman–Crippen MR) is 113 cm³/mol. The Balaban J connectivity index is 1.93. The molecular formula is C23H14N4O5. The van der Waals surface area contributed by atoms with Crippen molar-refractivity contribution in [1.29, 1.82) is 5.26 Å². The number of carbonyl (C=O) groups is 2. The van der Waals surface area contributed by atoms with Crippen molar-refractivity contribution in [2.45, 2.75) is 6.04 Å². The third kappa shape index (κ3) is 3.46. The fraction of sp³-hybridized carbons (Fsp3) is 0.0435. The average molecular weight is 426 g/mol. The highest BCUT2D eigenvalue weighted by Crippen LogP contribution is 2.41. The number of rotatable bonds is 4. The molecule has 0 aliphatic carbocycles. The Hall–Kier alpha value is -4.84. The first-order valence-electron chi connectivity index (χ1n) is 9.39. The van der Waals surface area contributed by atoms with Crippen LogP contribution in [0, 0.1) is 21.4 Å². The minimum absolute atomic E-state index is 0.0259. The summed E-state index contributed by atoms with van der Waals surface area (Å²) < 4.78 is 0. The Kier molecular flexibility index (Phi) is 5.18. The Morgan fingerprint density at radius 3 is 2.47 bits per heavy atom. The number of aliphatic hydroxyl groups is 1. The van der Waals surface area contributed by atoms with Gasteiger partial charge in [0.1, 0.15) is 11.8 Å². The lowest BCUT2D eigenvalue weighted by Crippen LogP contribution is -2.29. The van der Waals surface area contributed by atoms with Gasteiger partial charge in [-0.2, -0.15) is 5.26 Å². The lowest BCUT2D eigenvalue weighted by molar-refractivity contribution is -0.384. The molecule has 1 aromatic heterocycles. The quantitative estimate of drug-likeness (QED) is 0.222. The zero-order chi connectivity index (χ0) is 22.8. The molecule has 9 heteroatoms. The number of Topliss-reactive ketones (excluding diaryl/α,β-unsaturated/α-hetero) is 1. The van der Waals surface area contributed by atoms with Crippen LogP contribution in [0.2, 0.25) is 0 Å². The molecule has 1 saturated heterocycles. The zero-order valence-corrected chi connectivity index (χ0v) is 16.4. The van der Waals surface area contributed by atoms with Gasteiger partial charge in [0.25, 0.3) is 17.4 Å². The Morgan fingerprint density at radius 1 is 1.09 bits per heavy atom. The number of nitriles is 1. The van der Waals surface area contributed by atoms with Gasteiger partial charge in [-0.3, -0.25) is 29.6 Å². The van der Waals surface area contributed by atoms with E-state index in [1.54, 1.807) is 18.2 Å². The van der Waals surface area contributed by atoms with E-state index in [2.05, 4.69) is 4.98 Å². The number of nitrogens with zero attached hydrogens (tertiary/aromatic N) is 4. The average Bonchev–Trinajstić information content (AvgIpc) is 3.09. The highest BCUT2D eigenvalue weighted by Gasteiger charge is 2.47. The van der Waals surface area contributed by atoms with Crippen LogP contribution in [0.5, 0.6) is 0 Å². The maximum absolute atomic E-state index is 13.0. The summed E-state index contributed by atoms with van der Waals surface area (Å²) in [6.07, 6.45) is 1.49. The van der Waals surface area contributed by atoms with Crippen LogP contribution in [-0.2, 0) is 9.59 Å². The number of nitro groups is 1. The second kappa shape index (κ2) is 8.12. The Bertz CT molecular complexity index is 1310. The molecule has 1 aliphatic heterocycles. The number of non-ortho nitro benzene ring substituents is 1. The Morgan fingerprint density at radius 2 is 1.84 bits per heavy atom. The number of aliphatic hydroxyl groups excluding tert-OH is 1. The maximum atomic E-state index is 13.0. The first-order valence-corrected chi connectivity index (χ1v) is 9.39. The number of nitro benzene ring substituents is 1. The topological polar surface area (TPSA) is 137 Å². The van der Waals surface area contributed by atoms with Crippen LogP contribution in [0.25, 0.3) is 5.76 Å². The van der Waals surface area contributed by atoms with Crippen molar-refractivity contribution < 1.29 is 19.6 Å². The molecule has 156 valence electrons. The molecule has 1 atom stereocenters. The number of pyridine rings is 1. The normalized spacial score (nSPS) is 17.2. The Labute approximate surface area is 181 Å². The summed E-state index contributed by atoms with van der Waals surface area (Å²) in [5, 5.41) is 31.2. The summed E-state index contributed by atoms with van der Waals surface area (Å²) in [5.41, 5.74) is 0.542. The van der Waals surface area contributed by atoms with Crippen LogP contribution in [0.4, 0.5) is 11.4 Å². The van der Waals surface area contributed by atoms with Gasteiger partial charge in [-0.25, -0.2) is 0 Å². The van der Waals surface area contributed by atoms with Crippen molar-refractivity contribution in [3.8, 4) is 6.07 Å². The lowest BCUT2D eigenvalue weighted by atomic mass is 9.98. The first-order chi connectivity index (χ1) is 15.4. The largest absolute Gasteiger partial charge is 0.507 e. The summed E-state index contributed by atoms with van der Waals surface area (Å²) >= 11 is 0. The molecule has 2 aromatic carbocycles. The van der Waals surface area contributed by atoms with Crippen LogP contribution < -0.4 is 4.90 Å². The van der Waals surface area contributed by atoms with Gasteiger partial charge in [-0.05, 0) is 36.4 Å². The minimum atomic E-state index is -1.07. The molecular weight excluding hydrogens is 412 g/mol. The van der Waals surface area contributed by atoms with Gasteiger partial charge in [0, 0.05) is 29.6 Å². The fourth-order valence-corrected chi connectivity index (χ4v) is 3.54. The van der Waals surface area contributed by atoms with Crippen molar-refractivity contribution in [2.75, 3.05) is 4.90 Å². The van der Waals surface area contributed by atoms with Crippen molar-refractivity contribution in [3.05, 3.63) is 105 Å². The third-order valence-corrected chi connectivity index (χ3v) is 5.02. The maximum Gasteiger partial charge on any atom is 0.300 e. The predicted octanol–water partition coefficient (Wildman–Crippen LogP) is 3.49. The summed E-state index contributed by atoms with van der Waals surface area (Å²) in [6, 6.07) is 17.1. The van der Waals surface area contributed by atoms with Crippen LogP contribution in [0.1, 0.15) is 22.9 Å². The van der Waals surface area contributed by atoms with E-state index >= 15 is 0 Å². The number of carbonyl (C=O) groups excluding carboxylic acids is 2. The highest BCUT2D eigenvalue weighted by atomic mass is 16.6. The summed E-state index contributed by atoms with van der Waals surface area (Å²) in [6.45, 7) is 0. The van der Waals surface area contributed by atoms with E-state index < -0.39 is 28.4 Å². The minimum Gasteiger partial charge on any atom is -0.507 e. The van der Waals surface area contributed by atoms with E-state index in [1.807, 2.05) is 6.07 Å². The van der Waals surface area contributed by atoms with E-state index in [1.165, 1.54) is 53.6 Å². The molecule has 0 saturated carbocycles. The molecule has 2 heterocycles. The van der Waals surface area contributed by atoms with Crippen molar-refractivity contribution in [3.63, 3.8) is 0 Å². The zero-order valence-electron chi connectivity index (χ0n) is 16.4. The number of hydrogen-bond donors (Lipinski definition) is 1. The number of amides is 1. The van der Waals surface area contributed by atoms with E-state index in [0.717, 1.165) is 6.07 Å². The van der Waals surface area contributed by atoms with Crippen LogP contribution in [0.3, 0.4) is 0 Å². The molecule has 4 rings (SSSR count). The monoisotopic (exact) mass is 426 g/mol. The smallest absolute Gasteiger partial charge is 0.300 e. The van der Waals surface area contributed by atoms with E-state index in [4.69, 9.17) is 5.26 Å². The summed E-state index contributed by atoms with van der Waals surface area (Å²) in [7, 11) is 0. The van der Waals surface area contributed by atoms with Crippen LogP contribution in [-0.4, -0.2) is 26.7 Å². The highest BCUT2D eigenvalue weighted by molar-refractivity contribution is 6.51. The van der Waals surface area contributed by atoms with Gasteiger partial charge >= 0.3 is 0 Å². The molecule has 1 aliphatic rings. The number of aromatic nitrogens is 1. The van der Waals surface area contributed by atoms with Crippen LogP contribution in [0.15, 0.2) is 78.5 Å². The van der Waals surface area contributed by atoms with E-state index in [9.17, 15) is 24.8 Å². The van der Waals surface area contributed by atoms with Gasteiger partial charge in [-0.15, -0.1) is 0 Å².